The van der Waals surface area contributed by atoms with Crippen molar-refractivity contribution in [3.63, 3.8) is 0 Å². The highest BCUT2D eigenvalue weighted by molar-refractivity contribution is 7.80. The third kappa shape index (κ3) is 3.63. The molecule has 2 unspecified atom stereocenters. The highest BCUT2D eigenvalue weighted by atomic mass is 32.1. The lowest BCUT2D eigenvalue weighted by Crippen LogP contribution is -2.47. The molecular formula is C13H26N2OS. The van der Waals surface area contributed by atoms with E-state index < -0.39 is 0 Å². The molecule has 4 heteroatoms. The molecule has 0 aliphatic carbocycles. The molecule has 1 aliphatic rings. The number of hydrogen-bond donors (Lipinski definition) is 1. The molecule has 0 spiro atoms. The van der Waals surface area contributed by atoms with Crippen molar-refractivity contribution in [2.75, 3.05) is 13.6 Å². The first kappa shape index (κ1) is 14.9. The predicted molar refractivity (Wildman–Crippen MR) is 76.2 cm³/mol. The minimum Gasteiger partial charge on any atom is -0.393 e. The van der Waals surface area contributed by atoms with Gasteiger partial charge in [-0.2, -0.15) is 0 Å². The second kappa shape index (κ2) is 4.82. The van der Waals surface area contributed by atoms with Crippen molar-refractivity contribution in [2.45, 2.75) is 58.3 Å². The summed E-state index contributed by atoms with van der Waals surface area (Å²) in [5, 5.41) is 0. The molecule has 2 atom stereocenters. The molecule has 0 aromatic heterocycles. The van der Waals surface area contributed by atoms with Crippen LogP contribution in [0.2, 0.25) is 0 Å². The maximum Gasteiger partial charge on any atom is 0.0789 e. The summed E-state index contributed by atoms with van der Waals surface area (Å²) in [6, 6.07) is 0.411. The average molecular weight is 258 g/mol. The van der Waals surface area contributed by atoms with Gasteiger partial charge in [0.1, 0.15) is 0 Å². The van der Waals surface area contributed by atoms with Crippen LogP contribution in [0.4, 0.5) is 0 Å². The van der Waals surface area contributed by atoms with Crippen LogP contribution in [-0.2, 0) is 4.74 Å². The van der Waals surface area contributed by atoms with Crippen molar-refractivity contribution in [3.05, 3.63) is 0 Å². The van der Waals surface area contributed by atoms with Gasteiger partial charge >= 0.3 is 0 Å². The number of rotatable bonds is 4. The molecule has 0 bridgehead atoms. The van der Waals surface area contributed by atoms with E-state index >= 15 is 0 Å². The topological polar surface area (TPSA) is 38.5 Å². The summed E-state index contributed by atoms with van der Waals surface area (Å²) >= 11 is 5.03. The number of hydrogen-bond acceptors (Lipinski definition) is 3. The van der Waals surface area contributed by atoms with Crippen LogP contribution in [0, 0.1) is 5.92 Å². The van der Waals surface area contributed by atoms with E-state index in [1.807, 2.05) is 0 Å². The number of ether oxygens (including phenoxy) is 1. The van der Waals surface area contributed by atoms with Crippen LogP contribution in [0.25, 0.3) is 0 Å². The van der Waals surface area contributed by atoms with Gasteiger partial charge in [0, 0.05) is 18.5 Å². The van der Waals surface area contributed by atoms with Crippen molar-refractivity contribution in [1.82, 2.24) is 4.90 Å². The summed E-state index contributed by atoms with van der Waals surface area (Å²) < 4.78 is 6.11. The highest BCUT2D eigenvalue weighted by Gasteiger charge is 2.47. The Morgan fingerprint density at radius 2 is 2.00 bits per heavy atom. The maximum atomic E-state index is 6.11. The molecule has 2 N–H and O–H groups in total. The Kier molecular flexibility index (Phi) is 4.22. The zero-order valence-electron chi connectivity index (χ0n) is 11.9. The first-order chi connectivity index (χ1) is 7.55. The Bertz CT molecular complexity index is 302. The van der Waals surface area contributed by atoms with Gasteiger partial charge in [-0.25, -0.2) is 0 Å². The molecule has 1 aliphatic heterocycles. The summed E-state index contributed by atoms with van der Waals surface area (Å²) in [4.78, 5) is 2.92. The largest absolute Gasteiger partial charge is 0.393 e. The van der Waals surface area contributed by atoms with Crippen molar-refractivity contribution < 1.29 is 4.74 Å². The highest BCUT2D eigenvalue weighted by Crippen LogP contribution is 2.39. The summed E-state index contributed by atoms with van der Waals surface area (Å²) in [6.45, 7) is 11.6. The third-order valence-corrected chi connectivity index (χ3v) is 4.01. The van der Waals surface area contributed by atoms with Crippen LogP contribution in [0.3, 0.4) is 0 Å². The smallest absolute Gasteiger partial charge is 0.0789 e. The van der Waals surface area contributed by atoms with Gasteiger partial charge in [-0.15, -0.1) is 0 Å². The number of nitrogens with two attached hydrogens (primary N) is 1. The van der Waals surface area contributed by atoms with E-state index in [1.165, 1.54) is 0 Å². The molecule has 0 amide bonds. The van der Waals surface area contributed by atoms with Crippen LogP contribution in [0.5, 0.6) is 0 Å². The van der Waals surface area contributed by atoms with Gasteiger partial charge in [-0.05, 0) is 41.2 Å². The van der Waals surface area contributed by atoms with Crippen molar-refractivity contribution in [1.29, 1.82) is 0 Å². The van der Waals surface area contributed by atoms with Crippen LogP contribution in [0.1, 0.15) is 41.0 Å². The standard InChI is InChI=1S/C13H26N2OS/c1-9(11(14)17)8-15(6)10-7-12(2,3)16-13(10,4)5/h9-10H,7-8H2,1-6H3,(H2,14,17). The minimum absolute atomic E-state index is 0.0467. The van der Waals surface area contributed by atoms with E-state index in [0.717, 1.165) is 13.0 Å². The fraction of sp³-hybridized carbons (Fsp3) is 0.923. The normalized spacial score (nSPS) is 28.3. The van der Waals surface area contributed by atoms with Gasteiger partial charge in [0.2, 0.25) is 0 Å². The summed E-state index contributed by atoms with van der Waals surface area (Å²) in [5.74, 6) is 0.245. The lowest BCUT2D eigenvalue weighted by Gasteiger charge is -2.35. The predicted octanol–water partition coefficient (Wildman–Crippen LogP) is 2.19. The molecule has 1 rings (SSSR count). The number of thiocarbonyl (C=S) groups is 1. The van der Waals surface area contributed by atoms with E-state index in [4.69, 9.17) is 22.7 Å². The zero-order valence-corrected chi connectivity index (χ0v) is 12.7. The molecule has 0 radical (unpaired) electrons. The summed E-state index contributed by atoms with van der Waals surface area (Å²) in [5.41, 5.74) is 5.51. The summed E-state index contributed by atoms with van der Waals surface area (Å²) in [7, 11) is 2.13. The van der Waals surface area contributed by atoms with E-state index in [-0.39, 0.29) is 17.1 Å². The molecule has 0 aromatic carbocycles. The molecule has 3 nitrogen and oxygen atoms in total. The first-order valence-electron chi connectivity index (χ1n) is 6.25. The molecule has 0 saturated carbocycles. The molecule has 100 valence electrons. The molecule has 1 fully saturated rings. The van der Waals surface area contributed by atoms with E-state index in [0.29, 0.717) is 11.0 Å². The molecule has 0 aromatic rings. The van der Waals surface area contributed by atoms with Gasteiger partial charge in [0.25, 0.3) is 0 Å². The van der Waals surface area contributed by atoms with Gasteiger partial charge in [-0.3, -0.25) is 4.90 Å². The molecule has 1 heterocycles. The maximum absolute atomic E-state index is 6.11. The lowest BCUT2D eigenvalue weighted by molar-refractivity contribution is -0.0789. The fourth-order valence-electron chi connectivity index (χ4n) is 2.87. The van der Waals surface area contributed by atoms with Crippen molar-refractivity contribution in [2.24, 2.45) is 11.7 Å². The molecule has 17 heavy (non-hydrogen) atoms. The van der Waals surface area contributed by atoms with E-state index in [9.17, 15) is 0 Å². The quantitative estimate of drug-likeness (QED) is 0.785. The zero-order chi connectivity index (χ0) is 13.4. The Morgan fingerprint density at radius 3 is 2.35 bits per heavy atom. The van der Waals surface area contributed by atoms with Gasteiger partial charge in [-0.1, -0.05) is 19.1 Å². The monoisotopic (exact) mass is 258 g/mol. The summed E-state index contributed by atoms with van der Waals surface area (Å²) in [6.07, 6.45) is 1.04. The lowest BCUT2D eigenvalue weighted by atomic mass is 9.92. The van der Waals surface area contributed by atoms with Crippen LogP contribution in [-0.4, -0.2) is 40.7 Å². The van der Waals surface area contributed by atoms with Gasteiger partial charge < -0.3 is 10.5 Å². The Labute approximate surface area is 111 Å². The fourth-order valence-corrected chi connectivity index (χ4v) is 2.94. The minimum atomic E-state index is -0.117. The third-order valence-electron chi connectivity index (χ3n) is 3.61. The second-order valence-electron chi connectivity index (χ2n) is 6.43. The molecular weight excluding hydrogens is 232 g/mol. The second-order valence-corrected chi connectivity index (χ2v) is 6.90. The van der Waals surface area contributed by atoms with Crippen LogP contribution in [0.15, 0.2) is 0 Å². The number of likely N-dealkylation sites (N-methyl/N-ethyl adjacent to an activating group) is 1. The van der Waals surface area contributed by atoms with Gasteiger partial charge in [0.05, 0.1) is 16.2 Å². The van der Waals surface area contributed by atoms with E-state index in [2.05, 4.69) is 46.6 Å². The van der Waals surface area contributed by atoms with E-state index in [1.54, 1.807) is 0 Å². The van der Waals surface area contributed by atoms with Crippen LogP contribution >= 0.6 is 12.2 Å². The SMILES string of the molecule is CC(CN(C)C1CC(C)(C)OC1(C)C)C(N)=S. The Balaban J connectivity index is 2.69. The van der Waals surface area contributed by atoms with Gasteiger partial charge in [0.15, 0.2) is 0 Å². The molecule has 1 saturated heterocycles. The Hall–Kier alpha value is -0.190. The van der Waals surface area contributed by atoms with Crippen molar-refractivity contribution in [3.8, 4) is 0 Å². The average Bonchev–Trinajstić information content (AvgIpc) is 2.33. The Morgan fingerprint density at radius 1 is 1.47 bits per heavy atom. The van der Waals surface area contributed by atoms with Crippen molar-refractivity contribution >= 4 is 17.2 Å². The van der Waals surface area contributed by atoms with Crippen LogP contribution < -0.4 is 5.73 Å². The first-order valence-corrected chi connectivity index (χ1v) is 6.66. The number of nitrogens with zero attached hydrogens (tertiary/aromatic N) is 1.